The Hall–Kier alpha value is -6.63. The first kappa shape index (κ1) is 43.6. The molecule has 0 N–H and O–H groups in total. The molecule has 5 nitrogen and oxygen atoms in total. The van der Waals surface area contributed by atoms with E-state index in [0.717, 1.165) is 44.3 Å². The molecule has 0 unspecified atom stereocenters. The number of aromatic nitrogens is 4. The number of thiophene rings is 1. The Kier molecular flexibility index (Phi) is 10.1. The lowest BCUT2D eigenvalue weighted by Crippen LogP contribution is -2.56. The Morgan fingerprint density at radius 1 is 0.362 bits per heavy atom. The van der Waals surface area contributed by atoms with Crippen LogP contribution in [0.25, 0.3) is 115 Å². The van der Waals surface area contributed by atoms with Crippen LogP contribution in [0.4, 0.5) is 0 Å². The summed E-state index contributed by atoms with van der Waals surface area (Å²) >= 11 is 1.81. The van der Waals surface area contributed by atoms with Crippen molar-refractivity contribution >= 4 is 235 Å². The van der Waals surface area contributed by atoms with Crippen LogP contribution in [0, 0.1) is 0 Å². The molecular formula is C51H42B12N4OS. The summed E-state index contributed by atoms with van der Waals surface area (Å²) in [6.07, 6.45) is 0. The van der Waals surface area contributed by atoms with Crippen LogP contribution in [0.2, 0.25) is 0 Å². The normalized spacial score (nSPS) is 11.9. The molecule has 0 saturated heterocycles. The first-order valence-corrected chi connectivity index (χ1v) is 24.8. The van der Waals surface area contributed by atoms with Crippen LogP contribution < -0.4 is 65.6 Å². The first-order valence-electron chi connectivity index (χ1n) is 24.0. The zero-order valence-corrected chi connectivity index (χ0v) is 42.3. The lowest BCUT2D eigenvalue weighted by atomic mass is 9.57. The van der Waals surface area contributed by atoms with E-state index in [2.05, 4.69) is 190 Å². The fourth-order valence-corrected chi connectivity index (χ4v) is 12.6. The monoisotopic (exact) mass is 890 g/mol. The number of hydrogen-bond donors (Lipinski definition) is 0. The van der Waals surface area contributed by atoms with E-state index in [-0.39, 0.29) is 0 Å². The van der Waals surface area contributed by atoms with Crippen molar-refractivity contribution in [1.82, 2.24) is 19.5 Å². The molecule has 0 atom stereocenters. The smallest absolute Gasteiger partial charge is 0.164 e. The van der Waals surface area contributed by atoms with Gasteiger partial charge in [-0.2, -0.15) is 0 Å². The Labute approximate surface area is 416 Å². The molecule has 0 aliphatic rings. The highest BCUT2D eigenvalue weighted by molar-refractivity contribution is 7.25. The number of fused-ring (bicyclic) bond motifs is 9. The molecule has 18 heteroatoms. The topological polar surface area (TPSA) is 56.7 Å². The molecule has 4 aromatic heterocycles. The Morgan fingerprint density at radius 2 is 0.841 bits per heavy atom. The van der Waals surface area contributed by atoms with Crippen LogP contribution in [-0.4, -0.2) is 114 Å². The maximum atomic E-state index is 6.94. The van der Waals surface area contributed by atoms with Crippen molar-refractivity contribution in [3.05, 3.63) is 109 Å². The van der Waals surface area contributed by atoms with Gasteiger partial charge in [-0.15, -0.1) is 33.2 Å². The summed E-state index contributed by atoms with van der Waals surface area (Å²) in [4.78, 5) is 15.4. The molecular weight excluding hydrogens is 846 g/mol. The second kappa shape index (κ2) is 16.0. The quantitative estimate of drug-likeness (QED) is 0.162. The van der Waals surface area contributed by atoms with Crippen molar-refractivity contribution in [3.63, 3.8) is 0 Å². The molecule has 0 spiro atoms. The number of furan rings is 1. The molecule has 0 amide bonds. The predicted molar refractivity (Wildman–Crippen MR) is 334 cm³/mol. The van der Waals surface area contributed by atoms with Gasteiger partial charge in [0.15, 0.2) is 17.5 Å². The van der Waals surface area contributed by atoms with Gasteiger partial charge in [0.2, 0.25) is 0 Å². The summed E-state index contributed by atoms with van der Waals surface area (Å²) in [5.41, 5.74) is 26.9. The van der Waals surface area contributed by atoms with E-state index >= 15 is 0 Å². The van der Waals surface area contributed by atoms with E-state index in [4.69, 9.17) is 19.4 Å². The fourth-order valence-electron chi connectivity index (χ4n) is 11.5. The molecule has 0 radical (unpaired) electrons. The molecule has 12 rings (SSSR count). The number of nitrogens with zero attached hydrogens (tertiary/aromatic N) is 4. The molecule has 4 heterocycles. The standard InChI is InChI=1S/C51H42B12N4OS/c52-35-32(31-36(53)41(58)44(61)42(59)37(31)54)40(57)47-33(38(35)55)34-39(56)43(60)45(62)46(63)48(34)67(47)22-12-14-24-23-13-10-21(17-27(23)68-28(24)18-22)51-65-49(19-6-2-1-3-7-19)64-50(66-51)20-11-15-30-26(16-20)25-8-4-5-9-29(25)69-30/h1-18H,52-63H2. The summed E-state index contributed by atoms with van der Waals surface area (Å²) in [6.45, 7) is 0. The van der Waals surface area contributed by atoms with Crippen molar-refractivity contribution in [2.75, 3.05) is 0 Å². The minimum Gasteiger partial charge on any atom is -0.456 e. The van der Waals surface area contributed by atoms with E-state index in [1.54, 1.807) is 0 Å². The Morgan fingerprint density at radius 3 is 1.54 bits per heavy atom. The van der Waals surface area contributed by atoms with Crippen molar-refractivity contribution in [2.24, 2.45) is 0 Å². The Balaban J connectivity index is 1.06. The lowest BCUT2D eigenvalue weighted by Gasteiger charge is -2.25. The van der Waals surface area contributed by atoms with Crippen LogP contribution in [-0.2, 0) is 0 Å². The van der Waals surface area contributed by atoms with E-state index in [9.17, 15) is 0 Å². The minimum atomic E-state index is 0.598. The second-order valence-electron chi connectivity index (χ2n) is 19.5. The third-order valence-electron chi connectivity index (χ3n) is 16.2. The first-order chi connectivity index (χ1) is 33.2. The number of benzene rings is 8. The average Bonchev–Trinajstić information content (AvgIpc) is 4.06. The minimum absolute atomic E-state index is 0.598. The maximum absolute atomic E-state index is 6.94. The third kappa shape index (κ3) is 6.43. The Bertz CT molecular complexity index is 4220. The molecule has 69 heavy (non-hydrogen) atoms. The molecule has 8 aromatic carbocycles. The molecule has 0 bridgehead atoms. The molecule has 0 fully saturated rings. The summed E-state index contributed by atoms with van der Waals surface area (Å²) in [5.74, 6) is 1.86. The van der Waals surface area contributed by atoms with Crippen molar-refractivity contribution in [2.45, 2.75) is 0 Å². The predicted octanol–water partition coefficient (Wildman–Crippen LogP) is -7.00. The lowest BCUT2D eigenvalue weighted by molar-refractivity contribution is 0.668. The van der Waals surface area contributed by atoms with Gasteiger partial charge in [0, 0.05) is 70.4 Å². The zero-order valence-electron chi connectivity index (χ0n) is 41.5. The van der Waals surface area contributed by atoms with E-state index in [1.165, 1.54) is 119 Å². The highest BCUT2D eigenvalue weighted by atomic mass is 32.1. The summed E-state index contributed by atoms with van der Waals surface area (Å²) < 4.78 is 12.0. The largest absolute Gasteiger partial charge is 0.456 e. The van der Waals surface area contributed by atoms with Gasteiger partial charge < -0.3 is 8.98 Å². The van der Waals surface area contributed by atoms with Gasteiger partial charge in [-0.1, -0.05) is 98.3 Å². The highest BCUT2D eigenvalue weighted by Crippen LogP contribution is 2.38. The van der Waals surface area contributed by atoms with Crippen LogP contribution in [0.3, 0.4) is 0 Å². The third-order valence-corrected chi connectivity index (χ3v) is 17.3. The van der Waals surface area contributed by atoms with Gasteiger partial charge in [0.05, 0.1) is 0 Å². The number of rotatable bonds is 5. The highest BCUT2D eigenvalue weighted by Gasteiger charge is 2.27. The maximum Gasteiger partial charge on any atom is 0.164 e. The molecule has 0 aliphatic heterocycles. The van der Waals surface area contributed by atoms with Gasteiger partial charge in [-0.05, 0) is 70.4 Å². The summed E-state index contributed by atoms with van der Waals surface area (Å²) in [7, 11) is 27.7. The van der Waals surface area contributed by atoms with Crippen LogP contribution >= 0.6 is 11.3 Å². The van der Waals surface area contributed by atoms with Crippen molar-refractivity contribution in [1.29, 1.82) is 0 Å². The van der Waals surface area contributed by atoms with Gasteiger partial charge in [0.1, 0.15) is 105 Å². The molecule has 0 saturated carbocycles. The van der Waals surface area contributed by atoms with Crippen molar-refractivity contribution < 1.29 is 4.42 Å². The van der Waals surface area contributed by atoms with E-state index in [1.807, 2.05) is 29.5 Å². The van der Waals surface area contributed by atoms with E-state index in [0.29, 0.717) is 17.5 Å². The molecule has 0 aliphatic carbocycles. The molecule has 12 aromatic rings. The SMILES string of the molecule is Bc1c(B)c(B)c(-c2c(B)c(B)c3c4c(B)c(B)c(B)c(B)c4n(-c4ccc5c(c4)oc4cc(-c6nc(-c7ccccc7)nc(-c7ccc8sc9ccccc9c8c7)n6)ccc45)c3c2B)c(B)c1B. The summed E-state index contributed by atoms with van der Waals surface area (Å²) in [5, 5.41) is 7.25. The van der Waals surface area contributed by atoms with Crippen LogP contribution in [0.15, 0.2) is 114 Å². The number of hydrogen-bond acceptors (Lipinski definition) is 5. The average molecular weight is 889 g/mol. The van der Waals surface area contributed by atoms with Crippen LogP contribution in [0.5, 0.6) is 0 Å². The van der Waals surface area contributed by atoms with Crippen LogP contribution in [0.1, 0.15) is 0 Å². The van der Waals surface area contributed by atoms with Gasteiger partial charge in [-0.3, -0.25) is 0 Å². The zero-order chi connectivity index (χ0) is 47.9. The van der Waals surface area contributed by atoms with Gasteiger partial charge in [0.25, 0.3) is 0 Å². The van der Waals surface area contributed by atoms with Crippen molar-refractivity contribution in [3.8, 4) is 51.0 Å². The van der Waals surface area contributed by atoms with E-state index < -0.39 is 0 Å². The van der Waals surface area contributed by atoms with Gasteiger partial charge >= 0.3 is 0 Å². The summed E-state index contributed by atoms with van der Waals surface area (Å²) in [6, 6.07) is 38.5. The van der Waals surface area contributed by atoms with Gasteiger partial charge in [-0.25, -0.2) is 15.0 Å². The fraction of sp³-hybridized carbons (Fsp3) is 0. The molecule has 314 valence electrons. The second-order valence-corrected chi connectivity index (χ2v) is 20.6.